The molecule has 112 valence electrons. The van der Waals surface area contributed by atoms with Gasteiger partial charge in [0, 0.05) is 23.3 Å². The largest absolute Gasteiger partial charge is 0.316 e. The monoisotopic (exact) mass is 301 g/mol. The van der Waals surface area contributed by atoms with E-state index in [1.165, 1.54) is 12.8 Å². The molecule has 0 atom stereocenters. The molecule has 0 amide bonds. The van der Waals surface area contributed by atoms with Crippen LogP contribution in [0.15, 0.2) is 60.7 Å². The topological polar surface area (TPSA) is 29.1 Å². The van der Waals surface area contributed by atoms with Gasteiger partial charge in [-0.05, 0) is 13.0 Å². The lowest BCUT2D eigenvalue weighted by Crippen LogP contribution is -2.26. The zero-order valence-corrected chi connectivity index (χ0v) is 13.6. The summed E-state index contributed by atoms with van der Waals surface area (Å²) >= 11 is 0. The van der Waals surface area contributed by atoms with Gasteiger partial charge >= 0.3 is 0 Å². The van der Waals surface area contributed by atoms with E-state index in [2.05, 4.69) is 12.2 Å². The Hall–Kier alpha value is -1.37. The maximum atomic E-state index is 13.6. The fourth-order valence-corrected chi connectivity index (χ4v) is 5.00. The van der Waals surface area contributed by atoms with Crippen molar-refractivity contribution >= 4 is 17.8 Å². The third-order valence-corrected chi connectivity index (χ3v) is 6.78. The molecule has 0 spiro atoms. The molecule has 0 saturated carbocycles. The first kappa shape index (κ1) is 16.0. The van der Waals surface area contributed by atoms with Crippen LogP contribution in [0.1, 0.15) is 19.8 Å². The Bertz CT molecular complexity index is 525. The second kappa shape index (κ2) is 8.17. The molecule has 0 heterocycles. The molecule has 0 aliphatic heterocycles. The van der Waals surface area contributed by atoms with Gasteiger partial charge in [0.2, 0.25) is 0 Å². The first-order valence-electron chi connectivity index (χ1n) is 7.68. The van der Waals surface area contributed by atoms with Crippen LogP contribution in [0.2, 0.25) is 0 Å². The molecule has 0 unspecified atom stereocenters. The molecule has 0 bridgehead atoms. The molecule has 0 aliphatic rings. The maximum Gasteiger partial charge on any atom is 0.144 e. The summed E-state index contributed by atoms with van der Waals surface area (Å²) in [6, 6.07) is 19.8. The van der Waals surface area contributed by atoms with E-state index in [0.29, 0.717) is 6.16 Å². The maximum absolute atomic E-state index is 13.6. The molecule has 3 heteroatoms. The zero-order chi connectivity index (χ0) is 15.0. The van der Waals surface area contributed by atoms with Gasteiger partial charge in [-0.1, -0.05) is 74.0 Å². The van der Waals surface area contributed by atoms with E-state index >= 15 is 0 Å². The zero-order valence-electron chi connectivity index (χ0n) is 12.7. The molecule has 2 aromatic carbocycles. The number of unbranched alkanes of at least 4 members (excludes halogenated alkanes) is 1. The van der Waals surface area contributed by atoms with E-state index in [1.807, 2.05) is 60.7 Å². The summed E-state index contributed by atoms with van der Waals surface area (Å²) in [6.07, 6.45) is 3.02. The Morgan fingerprint density at radius 3 is 1.86 bits per heavy atom. The highest BCUT2D eigenvalue weighted by molar-refractivity contribution is 7.78. The highest BCUT2D eigenvalue weighted by Gasteiger charge is 2.26. The SMILES string of the molecule is CCCCNCCP(=O)(c1ccccc1)c1ccccc1. The average Bonchev–Trinajstić information content (AvgIpc) is 2.56. The van der Waals surface area contributed by atoms with Crippen LogP contribution in [0, 0.1) is 0 Å². The van der Waals surface area contributed by atoms with Crippen LogP contribution in [0.4, 0.5) is 0 Å². The summed E-state index contributed by atoms with van der Waals surface area (Å²) in [5.74, 6) is 0. The number of rotatable bonds is 8. The van der Waals surface area contributed by atoms with E-state index in [4.69, 9.17) is 0 Å². The van der Waals surface area contributed by atoms with Crippen molar-refractivity contribution in [2.45, 2.75) is 19.8 Å². The smallest absolute Gasteiger partial charge is 0.144 e. The van der Waals surface area contributed by atoms with E-state index in [1.54, 1.807) is 0 Å². The molecule has 1 N–H and O–H groups in total. The van der Waals surface area contributed by atoms with Crippen molar-refractivity contribution < 1.29 is 4.57 Å². The van der Waals surface area contributed by atoms with Gasteiger partial charge in [-0.2, -0.15) is 0 Å². The van der Waals surface area contributed by atoms with Gasteiger partial charge in [0.15, 0.2) is 0 Å². The minimum absolute atomic E-state index is 0.671. The van der Waals surface area contributed by atoms with Gasteiger partial charge in [0.1, 0.15) is 7.14 Å². The Morgan fingerprint density at radius 1 is 0.857 bits per heavy atom. The third-order valence-electron chi connectivity index (χ3n) is 3.66. The highest BCUT2D eigenvalue weighted by Crippen LogP contribution is 2.42. The highest BCUT2D eigenvalue weighted by atomic mass is 31.2. The lowest BCUT2D eigenvalue weighted by atomic mass is 10.3. The van der Waals surface area contributed by atoms with Crippen LogP contribution in [0.3, 0.4) is 0 Å². The van der Waals surface area contributed by atoms with Gasteiger partial charge in [-0.15, -0.1) is 0 Å². The molecule has 0 fully saturated rings. The van der Waals surface area contributed by atoms with Crippen molar-refractivity contribution in [2.75, 3.05) is 19.3 Å². The normalized spacial score (nSPS) is 11.5. The minimum Gasteiger partial charge on any atom is -0.316 e. The molecule has 2 nitrogen and oxygen atoms in total. The molecule has 2 rings (SSSR count). The molecular weight excluding hydrogens is 277 g/mol. The minimum atomic E-state index is -2.54. The lowest BCUT2D eigenvalue weighted by molar-refractivity contribution is 0.582. The number of benzene rings is 2. The standard InChI is InChI=1S/C18H24NOP/c1-2-3-14-19-15-16-21(20,17-10-6-4-7-11-17)18-12-8-5-9-13-18/h4-13,19H,2-3,14-16H2,1H3. The van der Waals surface area contributed by atoms with Gasteiger partial charge in [-0.25, -0.2) is 0 Å². The summed E-state index contributed by atoms with van der Waals surface area (Å²) in [6.45, 7) is 3.97. The van der Waals surface area contributed by atoms with E-state index in [0.717, 1.165) is 23.7 Å². The van der Waals surface area contributed by atoms with Crippen molar-refractivity contribution in [3.63, 3.8) is 0 Å². The van der Waals surface area contributed by atoms with Crippen LogP contribution in [-0.2, 0) is 4.57 Å². The average molecular weight is 301 g/mol. The molecule has 0 aliphatic carbocycles. The first-order valence-corrected chi connectivity index (χ1v) is 9.57. The Labute approximate surface area is 128 Å². The summed E-state index contributed by atoms with van der Waals surface area (Å²) in [5.41, 5.74) is 0. The van der Waals surface area contributed by atoms with E-state index < -0.39 is 7.14 Å². The van der Waals surface area contributed by atoms with Crippen LogP contribution in [0.5, 0.6) is 0 Å². The molecule has 0 saturated heterocycles. The Morgan fingerprint density at radius 2 is 1.38 bits per heavy atom. The molecule has 0 radical (unpaired) electrons. The quantitative estimate of drug-likeness (QED) is 0.598. The Kier molecular flexibility index (Phi) is 6.22. The van der Waals surface area contributed by atoms with Crippen molar-refractivity contribution in [2.24, 2.45) is 0 Å². The predicted molar refractivity (Wildman–Crippen MR) is 92.4 cm³/mol. The molecular formula is C18H24NOP. The summed E-state index contributed by atoms with van der Waals surface area (Å²) in [7, 11) is -2.54. The van der Waals surface area contributed by atoms with Gasteiger partial charge in [-0.3, -0.25) is 0 Å². The van der Waals surface area contributed by atoms with Crippen LogP contribution >= 0.6 is 7.14 Å². The van der Waals surface area contributed by atoms with Crippen molar-refractivity contribution in [1.82, 2.24) is 5.32 Å². The van der Waals surface area contributed by atoms with Crippen molar-refractivity contribution in [3.05, 3.63) is 60.7 Å². The number of hydrogen-bond acceptors (Lipinski definition) is 2. The second-order valence-electron chi connectivity index (χ2n) is 5.24. The molecule has 0 aromatic heterocycles. The summed E-state index contributed by atoms with van der Waals surface area (Å²) < 4.78 is 13.6. The van der Waals surface area contributed by atoms with E-state index in [9.17, 15) is 4.57 Å². The lowest BCUT2D eigenvalue weighted by Gasteiger charge is -2.19. The fourth-order valence-electron chi connectivity index (χ4n) is 2.41. The molecule has 2 aromatic rings. The number of hydrogen-bond donors (Lipinski definition) is 1. The predicted octanol–water partition coefficient (Wildman–Crippen LogP) is 3.39. The van der Waals surface area contributed by atoms with Crippen LogP contribution < -0.4 is 15.9 Å². The third kappa shape index (κ3) is 4.30. The summed E-state index contributed by atoms with van der Waals surface area (Å²) in [4.78, 5) is 0. The van der Waals surface area contributed by atoms with E-state index in [-0.39, 0.29) is 0 Å². The van der Waals surface area contributed by atoms with Gasteiger partial charge < -0.3 is 9.88 Å². The van der Waals surface area contributed by atoms with Crippen molar-refractivity contribution in [3.8, 4) is 0 Å². The van der Waals surface area contributed by atoms with Gasteiger partial charge in [0.05, 0.1) is 0 Å². The van der Waals surface area contributed by atoms with Crippen LogP contribution in [-0.4, -0.2) is 19.3 Å². The van der Waals surface area contributed by atoms with Gasteiger partial charge in [0.25, 0.3) is 0 Å². The van der Waals surface area contributed by atoms with Crippen molar-refractivity contribution in [1.29, 1.82) is 0 Å². The second-order valence-corrected chi connectivity index (χ2v) is 8.20. The Balaban J connectivity index is 2.18. The summed E-state index contributed by atoms with van der Waals surface area (Å²) in [5, 5.41) is 5.31. The number of nitrogens with one attached hydrogen (secondary N) is 1. The molecule has 21 heavy (non-hydrogen) atoms. The fraction of sp³-hybridized carbons (Fsp3) is 0.333. The van der Waals surface area contributed by atoms with Crippen LogP contribution in [0.25, 0.3) is 0 Å². The first-order chi connectivity index (χ1) is 10.3.